The molecule has 6 nitrogen and oxygen atoms in total. The average Bonchev–Trinajstić information content (AvgIpc) is 2.93. The Balaban J connectivity index is 0. The summed E-state index contributed by atoms with van der Waals surface area (Å²) in [5.41, 5.74) is 0. The molecule has 0 heterocycles. The van der Waals surface area contributed by atoms with Crippen molar-refractivity contribution in [3.05, 3.63) is 0 Å². The quantitative estimate of drug-likeness (QED) is 0.0870. The number of amides is 2. The van der Waals surface area contributed by atoms with Crippen LogP contribution in [0.25, 0.3) is 0 Å². The van der Waals surface area contributed by atoms with Crippen molar-refractivity contribution in [2.45, 2.75) is 167 Å². The summed E-state index contributed by atoms with van der Waals surface area (Å²) in [6, 6.07) is 0. The number of thioether (sulfide) groups is 1. The van der Waals surface area contributed by atoms with Crippen molar-refractivity contribution >= 4 is 29.5 Å². The predicted octanol–water partition coefficient (Wildman–Crippen LogP) is 4.48. The van der Waals surface area contributed by atoms with Crippen LogP contribution in [-0.2, 0) is 14.4 Å². The van der Waals surface area contributed by atoms with Crippen molar-refractivity contribution in [1.82, 2.24) is 10.6 Å². The molecule has 8 heteroatoms. The van der Waals surface area contributed by atoms with Crippen LogP contribution in [-0.4, -0.2) is 42.4 Å². The molecule has 0 saturated carbocycles. The SMILES string of the molecule is CCCCCCCCCCCCSCCCCCCC(=O)NCCCCCCCCCCC(=O)NCCC(=O)[O-].[Na+]. The number of carbonyl (C=O) groups is 3. The fraction of sp³-hybridized carbons (Fsp3) is 0.909. The van der Waals surface area contributed by atoms with E-state index >= 15 is 0 Å². The van der Waals surface area contributed by atoms with E-state index in [1.54, 1.807) is 0 Å². The van der Waals surface area contributed by atoms with Crippen molar-refractivity contribution in [3.8, 4) is 0 Å². The van der Waals surface area contributed by atoms with E-state index in [1.807, 2.05) is 0 Å². The van der Waals surface area contributed by atoms with Crippen molar-refractivity contribution in [3.63, 3.8) is 0 Å². The molecule has 0 aromatic heterocycles. The number of carboxylic acid groups (broad SMARTS) is 1. The number of hydrogen-bond donors (Lipinski definition) is 2. The molecule has 2 amide bonds. The van der Waals surface area contributed by atoms with Crippen molar-refractivity contribution in [2.75, 3.05) is 24.6 Å². The summed E-state index contributed by atoms with van der Waals surface area (Å²) in [4.78, 5) is 33.9. The van der Waals surface area contributed by atoms with Gasteiger partial charge >= 0.3 is 29.6 Å². The van der Waals surface area contributed by atoms with Crippen LogP contribution in [0.15, 0.2) is 0 Å². The largest absolute Gasteiger partial charge is 1.00 e. The summed E-state index contributed by atoms with van der Waals surface area (Å²) in [7, 11) is 0. The third kappa shape index (κ3) is 37.7. The summed E-state index contributed by atoms with van der Waals surface area (Å²) in [6.45, 7) is 3.23. The normalized spacial score (nSPS) is 10.8. The zero-order valence-corrected chi connectivity index (χ0v) is 29.9. The monoisotopic (exact) mass is 606 g/mol. The van der Waals surface area contributed by atoms with Gasteiger partial charge in [-0.2, -0.15) is 11.8 Å². The first-order valence-corrected chi connectivity index (χ1v) is 18.0. The Bertz CT molecular complexity index is 596. The molecule has 0 aliphatic rings. The molecule has 0 aliphatic heterocycles. The number of aliphatic carboxylic acids is 1. The van der Waals surface area contributed by atoms with Crippen molar-refractivity contribution in [1.29, 1.82) is 0 Å². The summed E-state index contributed by atoms with van der Waals surface area (Å²) in [5, 5.41) is 16.0. The van der Waals surface area contributed by atoms with E-state index in [0.29, 0.717) is 12.8 Å². The van der Waals surface area contributed by atoms with Gasteiger partial charge in [-0.1, -0.05) is 116 Å². The van der Waals surface area contributed by atoms with Gasteiger partial charge in [0.25, 0.3) is 0 Å². The van der Waals surface area contributed by atoms with Gasteiger partial charge in [-0.15, -0.1) is 0 Å². The third-order valence-electron chi connectivity index (χ3n) is 7.39. The summed E-state index contributed by atoms with van der Waals surface area (Å²) in [5.74, 6) is 1.58. The molecule has 0 aromatic rings. The first kappa shape index (κ1) is 42.9. The van der Waals surface area contributed by atoms with E-state index < -0.39 is 5.97 Å². The zero-order chi connectivity index (χ0) is 29.4. The Hall–Kier alpha value is -0.240. The number of carboxylic acids is 1. The van der Waals surface area contributed by atoms with Crippen molar-refractivity contribution in [2.24, 2.45) is 0 Å². The molecule has 0 radical (unpaired) electrons. The van der Waals surface area contributed by atoms with E-state index in [1.165, 1.54) is 114 Å². The van der Waals surface area contributed by atoms with Crippen LogP contribution in [0.1, 0.15) is 167 Å². The molecule has 0 atom stereocenters. The zero-order valence-electron chi connectivity index (χ0n) is 27.0. The first-order valence-electron chi connectivity index (χ1n) is 16.9. The molecule has 2 N–H and O–H groups in total. The maximum atomic E-state index is 12.0. The van der Waals surface area contributed by atoms with Gasteiger partial charge in [-0.05, 0) is 43.6 Å². The smallest absolute Gasteiger partial charge is 0.550 e. The number of unbranched alkanes of at least 4 members (excludes halogenated alkanes) is 19. The van der Waals surface area contributed by atoms with Gasteiger partial charge in [0.15, 0.2) is 0 Å². The van der Waals surface area contributed by atoms with Gasteiger partial charge in [0.1, 0.15) is 0 Å². The van der Waals surface area contributed by atoms with E-state index in [9.17, 15) is 19.5 Å². The van der Waals surface area contributed by atoms with Crippen LogP contribution in [0.4, 0.5) is 0 Å². The molecule has 0 aromatic carbocycles. The van der Waals surface area contributed by atoms with Gasteiger partial charge in [-0.3, -0.25) is 9.59 Å². The average molecular weight is 607 g/mol. The molecule has 0 fully saturated rings. The Kier molecular flexibility index (Phi) is 37.6. The Labute approximate surface area is 279 Å². The van der Waals surface area contributed by atoms with Gasteiger partial charge in [-0.25, -0.2) is 0 Å². The molecule has 0 aliphatic carbocycles. The number of rotatable bonds is 32. The van der Waals surface area contributed by atoms with E-state index in [4.69, 9.17) is 0 Å². The minimum Gasteiger partial charge on any atom is -0.550 e. The maximum Gasteiger partial charge on any atom is 1.00 e. The number of hydrogen-bond acceptors (Lipinski definition) is 5. The van der Waals surface area contributed by atoms with Crippen LogP contribution in [0.5, 0.6) is 0 Å². The van der Waals surface area contributed by atoms with E-state index in [2.05, 4.69) is 29.3 Å². The Morgan fingerprint density at radius 3 is 1.29 bits per heavy atom. The standard InChI is InChI=1S/C33H64N2O4S.Na/c1-2-3-4-5-6-7-10-13-17-22-29-40-30-23-18-15-20-24-31(36)34-27-21-16-12-9-8-11-14-19-25-32(37)35-28-26-33(38)39;/h2-30H2,1H3,(H,34,36)(H,35,37)(H,38,39);/q;+1/p-1. The van der Waals surface area contributed by atoms with Crippen molar-refractivity contribution < 1.29 is 49.0 Å². The Morgan fingerprint density at radius 2 is 0.854 bits per heavy atom. The van der Waals surface area contributed by atoms with Gasteiger partial charge < -0.3 is 20.5 Å². The topological polar surface area (TPSA) is 98.3 Å². The molecular formula is C33H63N2NaO4S. The molecule has 236 valence electrons. The van der Waals surface area contributed by atoms with Gasteiger partial charge in [0.2, 0.25) is 11.8 Å². The third-order valence-corrected chi connectivity index (χ3v) is 8.54. The summed E-state index contributed by atoms with van der Waals surface area (Å²) >= 11 is 2.11. The van der Waals surface area contributed by atoms with Crippen LogP contribution in [0.3, 0.4) is 0 Å². The minimum absolute atomic E-state index is 0. The maximum absolute atomic E-state index is 12.0. The molecular weight excluding hydrogens is 543 g/mol. The molecule has 0 saturated heterocycles. The summed E-state index contributed by atoms with van der Waals surface area (Å²) < 4.78 is 0. The molecule has 0 spiro atoms. The Morgan fingerprint density at radius 1 is 0.488 bits per heavy atom. The molecule has 0 unspecified atom stereocenters. The fourth-order valence-corrected chi connectivity index (χ4v) is 5.84. The second kappa shape index (κ2) is 36.0. The second-order valence-corrected chi connectivity index (χ2v) is 12.6. The van der Waals surface area contributed by atoms with Crippen LogP contribution >= 0.6 is 11.8 Å². The number of nitrogens with one attached hydrogen (secondary N) is 2. The molecule has 41 heavy (non-hydrogen) atoms. The predicted molar refractivity (Wildman–Crippen MR) is 169 cm³/mol. The summed E-state index contributed by atoms with van der Waals surface area (Å²) in [6.07, 6.45) is 28.6. The first-order chi connectivity index (χ1) is 19.6. The van der Waals surface area contributed by atoms with E-state index in [0.717, 1.165) is 45.1 Å². The van der Waals surface area contributed by atoms with Crippen LogP contribution in [0.2, 0.25) is 0 Å². The van der Waals surface area contributed by atoms with E-state index in [-0.39, 0.29) is 54.3 Å². The van der Waals surface area contributed by atoms with Gasteiger partial charge in [0, 0.05) is 38.3 Å². The molecule has 0 rings (SSSR count). The van der Waals surface area contributed by atoms with Crippen LogP contribution < -0.4 is 45.3 Å². The second-order valence-electron chi connectivity index (χ2n) is 11.4. The number of carbonyl (C=O) groups excluding carboxylic acids is 3. The minimum atomic E-state index is -1.14. The fourth-order valence-electron chi connectivity index (χ4n) is 4.82. The van der Waals surface area contributed by atoms with Gasteiger partial charge in [0.05, 0.1) is 0 Å². The van der Waals surface area contributed by atoms with Crippen LogP contribution in [0, 0.1) is 0 Å². The molecule has 0 bridgehead atoms.